The molecule has 0 aromatic heterocycles. The molecule has 2 aliphatic rings. The Hall–Kier alpha value is -4.14. The highest BCUT2D eigenvalue weighted by molar-refractivity contribution is 7.89. The second kappa shape index (κ2) is 12.6. The Morgan fingerprint density at radius 3 is 2.15 bits per heavy atom. The van der Waals surface area contributed by atoms with Crippen molar-refractivity contribution in [1.29, 1.82) is 0 Å². The molecule has 0 saturated carbocycles. The quantitative estimate of drug-likeness (QED) is 0.126. The predicted octanol–water partition coefficient (Wildman–Crippen LogP) is 9.04. The molecule has 0 saturated heterocycles. The van der Waals surface area contributed by atoms with Crippen LogP contribution in [0.2, 0.25) is 10.0 Å². The minimum atomic E-state index is -3.82. The summed E-state index contributed by atoms with van der Waals surface area (Å²) in [5.74, 6) is 0.598. The Kier molecular flexibility index (Phi) is 8.70. The zero-order valence-corrected chi connectivity index (χ0v) is 28.5. The summed E-state index contributed by atoms with van der Waals surface area (Å²) in [5.41, 5.74) is 5.31. The van der Waals surface area contributed by atoms with Gasteiger partial charge in [0.2, 0.25) is 21.1 Å². The lowest BCUT2D eigenvalue weighted by molar-refractivity contribution is 0.411. The normalized spacial score (nSPS) is 12.7. The summed E-state index contributed by atoms with van der Waals surface area (Å²) in [7, 11) is 1.69. The third-order valence-electron chi connectivity index (χ3n) is 8.43. The van der Waals surface area contributed by atoms with Gasteiger partial charge in [0.15, 0.2) is 0 Å². The lowest BCUT2D eigenvalue weighted by Gasteiger charge is -2.24. The van der Waals surface area contributed by atoms with Crippen LogP contribution in [-0.2, 0) is 10.0 Å². The van der Waals surface area contributed by atoms with E-state index in [1.807, 2.05) is 134 Å². The second-order valence-corrected chi connectivity index (χ2v) is 14.3. The third-order valence-corrected chi connectivity index (χ3v) is 11.2. The first kappa shape index (κ1) is 31.8. The maximum absolute atomic E-state index is 14.0. The van der Waals surface area contributed by atoms with Gasteiger partial charge in [-0.15, -0.1) is 0 Å². The number of para-hydroxylation sites is 2. The van der Waals surface area contributed by atoms with Crippen molar-refractivity contribution in [3.63, 3.8) is 0 Å². The second-order valence-electron chi connectivity index (χ2n) is 11.5. The van der Waals surface area contributed by atoms with Gasteiger partial charge in [0.25, 0.3) is 0 Å². The van der Waals surface area contributed by atoms with Crippen molar-refractivity contribution < 1.29 is 12.8 Å². The van der Waals surface area contributed by atoms with E-state index in [1.54, 1.807) is 19.2 Å². The molecule has 0 spiro atoms. The van der Waals surface area contributed by atoms with Crippen molar-refractivity contribution in [3.8, 4) is 22.5 Å². The molecule has 0 unspecified atom stereocenters. The van der Waals surface area contributed by atoms with E-state index in [4.69, 9.17) is 27.6 Å². The first-order chi connectivity index (χ1) is 22.0. The molecule has 234 valence electrons. The first-order valence-electron chi connectivity index (χ1n) is 14.9. The molecule has 6 nitrogen and oxygen atoms in total. The SMILES string of the molecule is CC(C)N(C)S(=O)(=O)c1ccccc1-c1c2ccc(=[N+](C)c3ccccc3Cl)cc-2oc2cc(N(C)c3ccccc3Cl)ccc12. The lowest BCUT2D eigenvalue weighted by Crippen LogP contribution is -2.33. The van der Waals surface area contributed by atoms with E-state index in [0.29, 0.717) is 27.0 Å². The largest absolute Gasteiger partial charge is 0.456 e. The van der Waals surface area contributed by atoms with Gasteiger partial charge in [0, 0.05) is 66.1 Å². The molecule has 0 N–H and O–H groups in total. The van der Waals surface area contributed by atoms with Gasteiger partial charge in [-0.25, -0.2) is 8.42 Å². The summed E-state index contributed by atoms with van der Waals surface area (Å²) in [6.45, 7) is 3.72. The number of benzene rings is 5. The fourth-order valence-corrected chi connectivity index (χ4v) is 7.72. The summed E-state index contributed by atoms with van der Waals surface area (Å²) < 4.78 is 38.0. The molecule has 4 aromatic rings. The lowest BCUT2D eigenvalue weighted by atomic mass is 9.93. The highest BCUT2D eigenvalue weighted by Gasteiger charge is 2.29. The Bertz CT molecular complexity index is 2250. The number of nitrogens with zero attached hydrogens (tertiary/aromatic N) is 3. The Morgan fingerprint density at radius 2 is 1.43 bits per heavy atom. The molecule has 0 atom stereocenters. The summed E-state index contributed by atoms with van der Waals surface area (Å²) in [5, 5.41) is 2.90. The highest BCUT2D eigenvalue weighted by Crippen LogP contribution is 2.44. The van der Waals surface area contributed by atoms with Crippen LogP contribution in [0.3, 0.4) is 0 Å². The molecule has 1 heterocycles. The van der Waals surface area contributed by atoms with E-state index in [0.717, 1.165) is 38.9 Å². The molecule has 46 heavy (non-hydrogen) atoms. The smallest absolute Gasteiger partial charge is 0.243 e. The Morgan fingerprint density at radius 1 is 0.761 bits per heavy atom. The number of anilines is 2. The molecule has 0 radical (unpaired) electrons. The predicted molar refractivity (Wildman–Crippen MR) is 190 cm³/mol. The molecule has 6 rings (SSSR count). The molecule has 0 fully saturated rings. The minimum absolute atomic E-state index is 0.219. The molecule has 4 aromatic carbocycles. The first-order valence-corrected chi connectivity index (χ1v) is 17.1. The zero-order valence-electron chi connectivity index (χ0n) is 26.2. The summed E-state index contributed by atoms with van der Waals surface area (Å²) >= 11 is 13.1. The number of sulfonamides is 1. The maximum Gasteiger partial charge on any atom is 0.243 e. The number of fused-ring (bicyclic) bond motifs is 2. The fraction of sp³-hybridized carbons (Fsp3) is 0.162. The van der Waals surface area contributed by atoms with Crippen molar-refractivity contribution >= 4 is 61.3 Å². The minimum Gasteiger partial charge on any atom is -0.456 e. The van der Waals surface area contributed by atoms with Crippen LogP contribution in [0.4, 0.5) is 17.1 Å². The van der Waals surface area contributed by atoms with Gasteiger partial charge in [-0.3, -0.25) is 0 Å². The van der Waals surface area contributed by atoms with Crippen LogP contribution in [0.15, 0.2) is 119 Å². The molecule has 1 aliphatic carbocycles. The fourth-order valence-electron chi connectivity index (χ4n) is 5.63. The molecular formula is C37H34Cl2N3O3S+. The van der Waals surface area contributed by atoms with E-state index in [2.05, 4.69) is 0 Å². The van der Waals surface area contributed by atoms with Crippen LogP contribution in [0, 0.1) is 0 Å². The van der Waals surface area contributed by atoms with Gasteiger partial charge in [0.1, 0.15) is 23.4 Å². The van der Waals surface area contributed by atoms with Gasteiger partial charge in [-0.2, -0.15) is 8.88 Å². The molecule has 0 bridgehead atoms. The van der Waals surface area contributed by atoms with Gasteiger partial charge in [0.05, 0.1) is 21.7 Å². The van der Waals surface area contributed by atoms with E-state index in [-0.39, 0.29) is 10.9 Å². The van der Waals surface area contributed by atoms with Crippen LogP contribution in [0.5, 0.6) is 0 Å². The van der Waals surface area contributed by atoms with Crippen LogP contribution >= 0.6 is 23.2 Å². The van der Waals surface area contributed by atoms with Crippen LogP contribution < -0.4 is 14.8 Å². The summed E-state index contributed by atoms with van der Waals surface area (Å²) in [4.78, 5) is 2.23. The number of halogens is 2. The Labute approximate surface area is 279 Å². The summed E-state index contributed by atoms with van der Waals surface area (Å²) in [6, 6.07) is 34.1. The van der Waals surface area contributed by atoms with E-state index in [1.165, 1.54) is 4.31 Å². The van der Waals surface area contributed by atoms with Crippen molar-refractivity contribution in [2.75, 3.05) is 26.0 Å². The van der Waals surface area contributed by atoms with Crippen molar-refractivity contribution in [2.45, 2.75) is 24.8 Å². The third kappa shape index (κ3) is 5.69. The number of rotatable bonds is 7. The van der Waals surface area contributed by atoms with Crippen molar-refractivity contribution in [2.24, 2.45) is 0 Å². The topological polar surface area (TPSA) is 56.8 Å². The van der Waals surface area contributed by atoms with Gasteiger partial charge in [-0.05, 0) is 56.3 Å². The monoisotopic (exact) mass is 670 g/mol. The van der Waals surface area contributed by atoms with E-state index >= 15 is 0 Å². The van der Waals surface area contributed by atoms with Gasteiger partial charge >= 0.3 is 0 Å². The molecule has 9 heteroatoms. The standard InChI is InChI=1S/C37H34Cl2N3O3S/c1-24(2)42(5)46(43,44)36-17-11-6-12-29(36)37-27-20-18-25(40(3)32-15-9-7-13-30(32)38)22-34(27)45-35-23-26(19-21-28(35)37)41(4)33-16-10-8-14-31(33)39/h6-24H,1-5H3/q+1. The van der Waals surface area contributed by atoms with Crippen LogP contribution in [-0.4, -0.2) is 39.9 Å². The molecular weight excluding hydrogens is 637 g/mol. The Balaban J connectivity index is 1.67. The van der Waals surface area contributed by atoms with Crippen molar-refractivity contribution in [3.05, 3.63) is 125 Å². The highest BCUT2D eigenvalue weighted by atomic mass is 35.5. The number of hydrogen-bond donors (Lipinski definition) is 0. The molecule has 1 aliphatic heterocycles. The zero-order chi connectivity index (χ0) is 32.7. The summed E-state index contributed by atoms with van der Waals surface area (Å²) in [6.07, 6.45) is 0. The van der Waals surface area contributed by atoms with Gasteiger partial charge < -0.3 is 9.32 Å². The van der Waals surface area contributed by atoms with Crippen molar-refractivity contribution in [1.82, 2.24) is 8.88 Å². The maximum atomic E-state index is 14.0. The number of hydrogen-bond acceptors (Lipinski definition) is 4. The average molecular weight is 672 g/mol. The molecule has 0 amide bonds. The van der Waals surface area contributed by atoms with Crippen LogP contribution in [0.25, 0.3) is 33.4 Å². The van der Waals surface area contributed by atoms with E-state index < -0.39 is 10.0 Å². The van der Waals surface area contributed by atoms with E-state index in [9.17, 15) is 8.42 Å². The van der Waals surface area contributed by atoms with Gasteiger partial charge in [-0.1, -0.05) is 65.7 Å². The average Bonchev–Trinajstić information content (AvgIpc) is 3.06. The van der Waals surface area contributed by atoms with Crippen LogP contribution in [0.1, 0.15) is 13.8 Å².